The van der Waals surface area contributed by atoms with Crippen LogP contribution in [0.3, 0.4) is 0 Å². The molecule has 160 valence electrons. The van der Waals surface area contributed by atoms with Crippen LogP contribution in [-0.2, 0) is 19.2 Å². The lowest BCUT2D eigenvalue weighted by Gasteiger charge is -2.22. The summed E-state index contributed by atoms with van der Waals surface area (Å²) in [6.07, 6.45) is 2.27. The highest BCUT2D eigenvalue weighted by molar-refractivity contribution is 7.98. The molecular formula is C15H29N7O5S. The minimum atomic E-state index is -1.48. The third kappa shape index (κ3) is 11.2. The van der Waals surface area contributed by atoms with E-state index in [9.17, 15) is 19.2 Å². The van der Waals surface area contributed by atoms with E-state index in [4.69, 9.17) is 28.0 Å². The van der Waals surface area contributed by atoms with Crippen molar-refractivity contribution in [1.29, 1.82) is 0 Å². The zero-order valence-electron chi connectivity index (χ0n) is 15.7. The van der Waals surface area contributed by atoms with E-state index in [1.807, 2.05) is 6.26 Å². The highest BCUT2D eigenvalue weighted by Crippen LogP contribution is 2.04. The highest BCUT2D eigenvalue weighted by Gasteiger charge is 2.28. The van der Waals surface area contributed by atoms with Crippen molar-refractivity contribution in [3.8, 4) is 0 Å². The highest BCUT2D eigenvalue weighted by atomic mass is 32.2. The third-order valence-electron chi connectivity index (χ3n) is 3.57. The normalized spacial score (nSPS) is 13.6. The molecule has 0 bridgehead atoms. The smallest absolute Gasteiger partial charge is 0.326 e. The van der Waals surface area contributed by atoms with Gasteiger partial charge in [-0.1, -0.05) is 0 Å². The van der Waals surface area contributed by atoms with Gasteiger partial charge in [-0.15, -0.1) is 0 Å². The zero-order chi connectivity index (χ0) is 21.7. The van der Waals surface area contributed by atoms with E-state index < -0.39 is 48.2 Å². The van der Waals surface area contributed by atoms with Crippen molar-refractivity contribution in [2.24, 2.45) is 27.9 Å². The molecule has 0 aliphatic rings. The van der Waals surface area contributed by atoms with E-state index in [2.05, 4.69) is 15.6 Å². The van der Waals surface area contributed by atoms with Gasteiger partial charge in [0, 0.05) is 6.54 Å². The lowest BCUT2D eigenvalue weighted by Crippen LogP contribution is -2.55. The average Bonchev–Trinajstić information content (AvgIpc) is 2.60. The Bertz CT molecular complexity index is 583. The van der Waals surface area contributed by atoms with E-state index in [0.717, 1.165) is 0 Å². The van der Waals surface area contributed by atoms with Gasteiger partial charge < -0.3 is 38.7 Å². The molecule has 0 aromatic carbocycles. The summed E-state index contributed by atoms with van der Waals surface area (Å²) in [6.45, 7) is 0.313. The van der Waals surface area contributed by atoms with E-state index in [1.54, 1.807) is 0 Å². The van der Waals surface area contributed by atoms with Crippen molar-refractivity contribution in [3.05, 3.63) is 0 Å². The Hall–Kier alpha value is -2.54. The molecule has 3 atom stereocenters. The lowest BCUT2D eigenvalue weighted by molar-refractivity contribution is -0.143. The molecule has 0 rings (SSSR count). The predicted molar refractivity (Wildman–Crippen MR) is 106 cm³/mol. The number of guanidine groups is 1. The number of carboxylic acids is 1. The Morgan fingerprint density at radius 2 is 1.64 bits per heavy atom. The summed E-state index contributed by atoms with van der Waals surface area (Å²) in [4.78, 5) is 50.6. The maximum absolute atomic E-state index is 12.4. The van der Waals surface area contributed by atoms with Crippen LogP contribution < -0.4 is 33.6 Å². The molecule has 0 saturated carbocycles. The monoisotopic (exact) mass is 419 g/mol. The molecule has 0 aliphatic carbocycles. The Kier molecular flexibility index (Phi) is 12.4. The van der Waals surface area contributed by atoms with Gasteiger partial charge in [0.25, 0.3) is 0 Å². The topological polar surface area (TPSA) is 229 Å². The minimum absolute atomic E-state index is 0.0595. The van der Waals surface area contributed by atoms with Crippen molar-refractivity contribution in [3.63, 3.8) is 0 Å². The van der Waals surface area contributed by atoms with Crippen LogP contribution >= 0.6 is 11.8 Å². The summed E-state index contributed by atoms with van der Waals surface area (Å²) in [6, 6.07) is -3.37. The second-order valence-corrected chi connectivity index (χ2v) is 6.95. The number of nitrogens with one attached hydrogen (secondary N) is 2. The number of hydrogen-bond acceptors (Lipinski definition) is 7. The first kappa shape index (κ1) is 25.5. The van der Waals surface area contributed by atoms with Crippen molar-refractivity contribution in [2.45, 2.75) is 43.8 Å². The third-order valence-corrected chi connectivity index (χ3v) is 4.21. The second-order valence-electron chi connectivity index (χ2n) is 5.97. The molecule has 11 N–H and O–H groups in total. The number of aliphatic carboxylic acids is 1. The van der Waals surface area contributed by atoms with Gasteiger partial charge in [-0.25, -0.2) is 4.79 Å². The summed E-state index contributed by atoms with van der Waals surface area (Å²) >= 11 is 1.45. The van der Waals surface area contributed by atoms with Crippen LogP contribution in [0.15, 0.2) is 4.99 Å². The SMILES string of the molecule is CSCC[C@H](NC(=O)[C@@H](N)CCCN=C(N)N)C(=O)N[C@@H](CC(N)=O)C(=O)O. The van der Waals surface area contributed by atoms with Crippen molar-refractivity contribution in [2.75, 3.05) is 18.6 Å². The Balaban J connectivity index is 4.87. The van der Waals surface area contributed by atoms with Gasteiger partial charge in [-0.3, -0.25) is 19.4 Å². The molecule has 12 nitrogen and oxygen atoms in total. The van der Waals surface area contributed by atoms with Gasteiger partial charge in [0.2, 0.25) is 17.7 Å². The summed E-state index contributed by atoms with van der Waals surface area (Å²) in [5, 5.41) is 13.8. The fourth-order valence-corrected chi connectivity index (χ4v) is 2.58. The molecule has 13 heteroatoms. The van der Waals surface area contributed by atoms with Gasteiger partial charge in [-0.2, -0.15) is 11.8 Å². The van der Waals surface area contributed by atoms with Gasteiger partial charge in [-0.05, 0) is 31.3 Å². The number of carbonyl (C=O) groups excluding carboxylic acids is 3. The van der Waals surface area contributed by atoms with Crippen LogP contribution in [0.1, 0.15) is 25.7 Å². The molecule has 0 aromatic heterocycles. The van der Waals surface area contributed by atoms with Crippen LogP contribution in [0.25, 0.3) is 0 Å². The Morgan fingerprint density at radius 1 is 1.04 bits per heavy atom. The number of nitrogens with zero attached hydrogens (tertiary/aromatic N) is 1. The molecule has 3 amide bonds. The first-order valence-electron chi connectivity index (χ1n) is 8.50. The zero-order valence-corrected chi connectivity index (χ0v) is 16.5. The number of amides is 3. The number of nitrogens with two attached hydrogens (primary N) is 4. The van der Waals surface area contributed by atoms with Crippen molar-refractivity contribution in [1.82, 2.24) is 10.6 Å². The van der Waals surface area contributed by atoms with Crippen LogP contribution in [0.4, 0.5) is 0 Å². The Labute approximate surface area is 167 Å². The molecule has 0 radical (unpaired) electrons. The standard InChI is InChI=1S/C15H29N7O5S/c1-28-6-4-9(13(25)22-10(14(26)27)7-11(17)23)21-12(24)8(16)3-2-5-20-15(18)19/h8-10H,2-7,16H2,1H3,(H2,17,23)(H,21,24)(H,22,25)(H,26,27)(H4,18,19,20)/t8-,9-,10-/m0/s1. The molecule has 0 unspecified atom stereocenters. The van der Waals surface area contributed by atoms with E-state index in [-0.39, 0.29) is 12.4 Å². The van der Waals surface area contributed by atoms with Gasteiger partial charge in [0.1, 0.15) is 12.1 Å². The molecule has 0 aromatic rings. The Morgan fingerprint density at radius 3 is 2.14 bits per heavy atom. The average molecular weight is 420 g/mol. The maximum atomic E-state index is 12.4. The summed E-state index contributed by atoms with van der Waals surface area (Å²) < 4.78 is 0. The molecule has 0 fully saturated rings. The maximum Gasteiger partial charge on any atom is 0.326 e. The molecule has 0 heterocycles. The van der Waals surface area contributed by atoms with E-state index >= 15 is 0 Å². The number of carbonyl (C=O) groups is 4. The number of hydrogen-bond donors (Lipinski definition) is 7. The number of carboxylic acid groups (broad SMARTS) is 1. The first-order chi connectivity index (χ1) is 13.1. The van der Waals surface area contributed by atoms with Crippen molar-refractivity contribution >= 4 is 41.4 Å². The number of rotatable bonds is 14. The second kappa shape index (κ2) is 13.6. The van der Waals surface area contributed by atoms with Crippen LogP contribution in [0.5, 0.6) is 0 Å². The van der Waals surface area contributed by atoms with E-state index in [1.165, 1.54) is 11.8 Å². The largest absolute Gasteiger partial charge is 0.480 e. The fraction of sp³-hybridized carbons (Fsp3) is 0.667. The van der Waals surface area contributed by atoms with Gasteiger partial charge >= 0.3 is 5.97 Å². The summed E-state index contributed by atoms with van der Waals surface area (Å²) in [7, 11) is 0. The lowest BCUT2D eigenvalue weighted by atomic mass is 10.1. The predicted octanol–water partition coefficient (Wildman–Crippen LogP) is -2.95. The number of aliphatic imine (C=N–C) groups is 1. The fourth-order valence-electron chi connectivity index (χ4n) is 2.11. The van der Waals surface area contributed by atoms with Crippen LogP contribution in [-0.4, -0.2) is 71.4 Å². The van der Waals surface area contributed by atoms with Crippen molar-refractivity contribution < 1.29 is 24.3 Å². The van der Waals surface area contributed by atoms with Crippen LogP contribution in [0, 0.1) is 0 Å². The molecule has 0 aliphatic heterocycles. The molecular weight excluding hydrogens is 390 g/mol. The summed E-state index contributed by atoms with van der Waals surface area (Å²) in [5.74, 6) is -3.10. The first-order valence-corrected chi connectivity index (χ1v) is 9.89. The molecule has 28 heavy (non-hydrogen) atoms. The van der Waals surface area contributed by atoms with Crippen LogP contribution in [0.2, 0.25) is 0 Å². The minimum Gasteiger partial charge on any atom is -0.480 e. The van der Waals surface area contributed by atoms with Gasteiger partial charge in [0.05, 0.1) is 12.5 Å². The summed E-state index contributed by atoms with van der Waals surface area (Å²) in [5.41, 5.74) is 21.2. The van der Waals surface area contributed by atoms with Gasteiger partial charge in [0.15, 0.2) is 5.96 Å². The molecule has 0 saturated heterocycles. The van der Waals surface area contributed by atoms with E-state index in [0.29, 0.717) is 25.1 Å². The number of primary amides is 1. The number of thioether (sulfide) groups is 1. The quantitative estimate of drug-likeness (QED) is 0.0865. The molecule has 0 spiro atoms.